The molecule has 5 nitrogen and oxygen atoms in total. The Labute approximate surface area is 190 Å². The van der Waals surface area contributed by atoms with Crippen LogP contribution in [0, 0.1) is 0 Å². The van der Waals surface area contributed by atoms with Crippen molar-refractivity contribution in [1.29, 1.82) is 0 Å². The Kier molecular flexibility index (Phi) is 7.41. The average molecular weight is 431 g/mol. The molecule has 0 atom stereocenters. The van der Waals surface area contributed by atoms with Gasteiger partial charge in [0.15, 0.2) is 0 Å². The highest BCUT2D eigenvalue weighted by atomic mass is 16.5. The van der Waals surface area contributed by atoms with Crippen LogP contribution in [0.1, 0.15) is 28.4 Å². The molecule has 3 aromatic carbocycles. The molecule has 0 saturated carbocycles. The van der Waals surface area contributed by atoms with Gasteiger partial charge in [-0.15, -0.1) is 0 Å². The minimum Gasteiger partial charge on any atom is -0.494 e. The van der Waals surface area contributed by atoms with E-state index in [-0.39, 0.29) is 5.91 Å². The number of ether oxygens (including phenoxy) is 2. The maximum absolute atomic E-state index is 13.0. The van der Waals surface area contributed by atoms with E-state index in [0.717, 1.165) is 49.8 Å². The number of nitrogens with zero attached hydrogens (tertiary/aromatic N) is 2. The first kappa shape index (κ1) is 21.9. The summed E-state index contributed by atoms with van der Waals surface area (Å²) < 4.78 is 11.3. The van der Waals surface area contributed by atoms with E-state index in [4.69, 9.17) is 9.47 Å². The van der Waals surface area contributed by atoms with E-state index in [2.05, 4.69) is 29.2 Å². The molecule has 1 aliphatic heterocycles. The summed E-state index contributed by atoms with van der Waals surface area (Å²) in [7, 11) is 0. The molecule has 1 aliphatic rings. The summed E-state index contributed by atoms with van der Waals surface area (Å²) >= 11 is 0. The standard InChI is InChI=1S/C27H30N2O3/c1-2-31-25-11-13-26(14-12-25)32-21-23-9-6-10-24(19-23)27(30)29-17-15-28(16-18-29)20-22-7-4-3-5-8-22/h3-14,19H,2,15-18,20-21H2,1H3. The zero-order chi connectivity index (χ0) is 22.2. The number of carbonyl (C=O) groups excluding carboxylic acids is 1. The zero-order valence-electron chi connectivity index (χ0n) is 18.6. The second-order valence-corrected chi connectivity index (χ2v) is 7.95. The zero-order valence-corrected chi connectivity index (χ0v) is 18.6. The first-order valence-electron chi connectivity index (χ1n) is 11.2. The Morgan fingerprint density at radius 2 is 1.44 bits per heavy atom. The SMILES string of the molecule is CCOc1ccc(OCc2cccc(C(=O)N3CCN(Cc4ccccc4)CC3)c2)cc1. The molecular formula is C27H30N2O3. The molecule has 1 fully saturated rings. The third kappa shape index (κ3) is 5.89. The Balaban J connectivity index is 1.29. The maximum atomic E-state index is 13.0. The van der Waals surface area contributed by atoms with Crippen molar-refractivity contribution in [2.45, 2.75) is 20.1 Å². The van der Waals surface area contributed by atoms with Gasteiger partial charge in [-0.3, -0.25) is 9.69 Å². The molecule has 1 amide bonds. The van der Waals surface area contributed by atoms with Crippen LogP contribution in [0.15, 0.2) is 78.9 Å². The Hall–Kier alpha value is -3.31. The van der Waals surface area contributed by atoms with Crippen molar-refractivity contribution in [3.63, 3.8) is 0 Å². The lowest BCUT2D eigenvalue weighted by atomic mass is 10.1. The lowest BCUT2D eigenvalue weighted by Gasteiger charge is -2.34. The molecule has 0 aliphatic carbocycles. The van der Waals surface area contributed by atoms with E-state index >= 15 is 0 Å². The molecule has 0 radical (unpaired) electrons. The van der Waals surface area contributed by atoms with Crippen molar-refractivity contribution in [2.24, 2.45) is 0 Å². The van der Waals surface area contributed by atoms with Crippen LogP contribution >= 0.6 is 0 Å². The molecular weight excluding hydrogens is 400 g/mol. The van der Waals surface area contributed by atoms with E-state index in [0.29, 0.717) is 18.8 Å². The van der Waals surface area contributed by atoms with Gasteiger partial charge in [0.2, 0.25) is 0 Å². The smallest absolute Gasteiger partial charge is 0.253 e. The van der Waals surface area contributed by atoms with Crippen molar-refractivity contribution in [2.75, 3.05) is 32.8 Å². The fraction of sp³-hybridized carbons (Fsp3) is 0.296. The first-order valence-corrected chi connectivity index (χ1v) is 11.2. The highest BCUT2D eigenvalue weighted by Crippen LogP contribution is 2.19. The third-order valence-electron chi connectivity index (χ3n) is 5.62. The minimum atomic E-state index is 0.0901. The number of hydrogen-bond acceptors (Lipinski definition) is 4. The molecule has 1 heterocycles. The number of amides is 1. The number of rotatable bonds is 8. The topological polar surface area (TPSA) is 42.0 Å². The molecule has 166 valence electrons. The largest absolute Gasteiger partial charge is 0.494 e. The molecule has 0 spiro atoms. The monoisotopic (exact) mass is 430 g/mol. The van der Waals surface area contributed by atoms with Crippen LogP contribution in [0.5, 0.6) is 11.5 Å². The molecule has 5 heteroatoms. The van der Waals surface area contributed by atoms with Crippen molar-refractivity contribution >= 4 is 5.91 Å². The number of carbonyl (C=O) groups is 1. The van der Waals surface area contributed by atoms with E-state index in [1.165, 1.54) is 5.56 Å². The van der Waals surface area contributed by atoms with Crippen molar-refractivity contribution in [3.8, 4) is 11.5 Å². The lowest BCUT2D eigenvalue weighted by molar-refractivity contribution is 0.0628. The van der Waals surface area contributed by atoms with Crippen LogP contribution in [0.3, 0.4) is 0 Å². The van der Waals surface area contributed by atoms with Gasteiger partial charge in [-0.2, -0.15) is 0 Å². The predicted molar refractivity (Wildman–Crippen MR) is 126 cm³/mol. The van der Waals surface area contributed by atoms with Gasteiger partial charge in [0.1, 0.15) is 18.1 Å². The lowest BCUT2D eigenvalue weighted by Crippen LogP contribution is -2.48. The van der Waals surface area contributed by atoms with Gasteiger partial charge in [0.05, 0.1) is 6.61 Å². The van der Waals surface area contributed by atoms with Crippen LogP contribution in [0.4, 0.5) is 0 Å². The van der Waals surface area contributed by atoms with Gasteiger partial charge in [-0.05, 0) is 54.4 Å². The summed E-state index contributed by atoms with van der Waals surface area (Å²) in [5.74, 6) is 1.70. The van der Waals surface area contributed by atoms with Gasteiger partial charge in [0, 0.05) is 38.3 Å². The van der Waals surface area contributed by atoms with Crippen molar-refractivity contribution in [3.05, 3.63) is 95.6 Å². The van der Waals surface area contributed by atoms with Crippen LogP contribution in [-0.2, 0) is 13.2 Å². The maximum Gasteiger partial charge on any atom is 0.253 e. The summed E-state index contributed by atoms with van der Waals surface area (Å²) in [6.45, 7) is 7.23. The predicted octanol–water partition coefficient (Wildman–Crippen LogP) is 4.62. The molecule has 0 unspecified atom stereocenters. The quantitative estimate of drug-likeness (QED) is 0.523. The molecule has 0 bridgehead atoms. The second kappa shape index (κ2) is 10.8. The molecule has 3 aromatic rings. The van der Waals surface area contributed by atoms with Crippen molar-refractivity contribution in [1.82, 2.24) is 9.80 Å². The normalized spacial score (nSPS) is 14.2. The van der Waals surface area contributed by atoms with Gasteiger partial charge < -0.3 is 14.4 Å². The van der Waals surface area contributed by atoms with Crippen LogP contribution < -0.4 is 9.47 Å². The fourth-order valence-corrected chi connectivity index (χ4v) is 3.89. The second-order valence-electron chi connectivity index (χ2n) is 7.95. The average Bonchev–Trinajstić information content (AvgIpc) is 2.85. The summed E-state index contributed by atoms with van der Waals surface area (Å²) in [6.07, 6.45) is 0. The van der Waals surface area contributed by atoms with Gasteiger partial charge in [-0.1, -0.05) is 42.5 Å². The van der Waals surface area contributed by atoms with Gasteiger partial charge in [0.25, 0.3) is 5.91 Å². The molecule has 4 rings (SSSR count). The first-order chi connectivity index (χ1) is 15.7. The third-order valence-corrected chi connectivity index (χ3v) is 5.62. The summed E-state index contributed by atoms with van der Waals surface area (Å²) in [4.78, 5) is 17.4. The fourth-order valence-electron chi connectivity index (χ4n) is 3.89. The highest BCUT2D eigenvalue weighted by Gasteiger charge is 2.22. The molecule has 0 N–H and O–H groups in total. The summed E-state index contributed by atoms with van der Waals surface area (Å²) in [5.41, 5.74) is 3.01. The highest BCUT2D eigenvalue weighted by molar-refractivity contribution is 5.94. The van der Waals surface area contributed by atoms with Gasteiger partial charge >= 0.3 is 0 Å². The number of piperazine rings is 1. The Bertz CT molecular complexity index is 997. The molecule has 0 aromatic heterocycles. The summed E-state index contributed by atoms with van der Waals surface area (Å²) in [5, 5.41) is 0. The minimum absolute atomic E-state index is 0.0901. The van der Waals surface area contributed by atoms with Crippen LogP contribution in [0.2, 0.25) is 0 Å². The van der Waals surface area contributed by atoms with E-state index in [1.54, 1.807) is 0 Å². The Morgan fingerprint density at radius 3 is 2.12 bits per heavy atom. The molecule has 1 saturated heterocycles. The van der Waals surface area contributed by atoms with E-state index in [1.807, 2.05) is 66.4 Å². The van der Waals surface area contributed by atoms with Gasteiger partial charge in [-0.25, -0.2) is 0 Å². The summed E-state index contributed by atoms with van der Waals surface area (Å²) in [6, 6.07) is 25.8. The number of hydrogen-bond donors (Lipinski definition) is 0. The number of benzene rings is 3. The van der Waals surface area contributed by atoms with Crippen LogP contribution in [0.25, 0.3) is 0 Å². The van der Waals surface area contributed by atoms with Crippen molar-refractivity contribution < 1.29 is 14.3 Å². The molecule has 32 heavy (non-hydrogen) atoms. The van der Waals surface area contributed by atoms with E-state index in [9.17, 15) is 4.79 Å². The Morgan fingerprint density at radius 1 is 0.781 bits per heavy atom. The van der Waals surface area contributed by atoms with Crippen LogP contribution in [-0.4, -0.2) is 48.5 Å². The van der Waals surface area contributed by atoms with E-state index < -0.39 is 0 Å².